The zero-order valence-electron chi connectivity index (χ0n) is 24.2. The Morgan fingerprint density at radius 3 is 2.07 bits per heavy atom. The van der Waals surface area contributed by atoms with Gasteiger partial charge in [0.2, 0.25) is 10.0 Å². The van der Waals surface area contributed by atoms with E-state index in [2.05, 4.69) is 0 Å². The van der Waals surface area contributed by atoms with Crippen LogP contribution in [0.15, 0.2) is 95.9 Å². The summed E-state index contributed by atoms with van der Waals surface area (Å²) in [4.78, 5) is 0.161. The Morgan fingerprint density at radius 1 is 0.857 bits per heavy atom. The Balaban J connectivity index is 1.63. The molecule has 0 spiro atoms. The molecule has 8 heteroatoms. The quantitative estimate of drug-likeness (QED) is 0.240. The topological polar surface area (TPSA) is 85.3 Å². The summed E-state index contributed by atoms with van der Waals surface area (Å²) in [6, 6.07) is 26.9. The van der Waals surface area contributed by atoms with E-state index >= 15 is 0 Å². The van der Waals surface area contributed by atoms with Gasteiger partial charge in [-0.3, -0.25) is 0 Å². The van der Waals surface area contributed by atoms with Gasteiger partial charge in [0.05, 0.1) is 43.9 Å². The van der Waals surface area contributed by atoms with Gasteiger partial charge in [0, 0.05) is 5.56 Å². The molecular formula is C34H37NO6S. The van der Waals surface area contributed by atoms with E-state index in [-0.39, 0.29) is 24.7 Å². The van der Waals surface area contributed by atoms with Crippen molar-refractivity contribution in [3.8, 4) is 11.5 Å². The molecule has 1 N–H and O–H groups in total. The van der Waals surface area contributed by atoms with Gasteiger partial charge in [-0.2, -0.15) is 4.31 Å². The monoisotopic (exact) mass is 587 g/mol. The van der Waals surface area contributed by atoms with Crippen molar-refractivity contribution in [2.75, 3.05) is 20.3 Å². The predicted octanol–water partition coefficient (Wildman–Crippen LogP) is 5.76. The molecule has 220 valence electrons. The van der Waals surface area contributed by atoms with Crippen molar-refractivity contribution in [2.24, 2.45) is 0 Å². The molecule has 0 aliphatic carbocycles. The van der Waals surface area contributed by atoms with Crippen molar-refractivity contribution in [1.82, 2.24) is 4.31 Å². The minimum atomic E-state index is -4.04. The maximum Gasteiger partial charge on any atom is 0.244 e. The number of sulfonamides is 1. The standard InChI is InChI=1S/C34H37NO6S/c1-24-14-16-30(17-15-24)42(37,38)35-29(20-36)19-28-18-25(2)33(39-3)34(41-22-27-12-8-5-9-13-27)32(28)31(35)23-40-21-26-10-6-4-7-11-26/h4-18,29,31,36H,19-23H2,1-3H3/t29-,31+/m1/s1. The zero-order chi connectivity index (χ0) is 29.7. The minimum absolute atomic E-state index is 0.0530. The number of benzene rings is 4. The first-order chi connectivity index (χ1) is 20.3. The summed E-state index contributed by atoms with van der Waals surface area (Å²) >= 11 is 0. The van der Waals surface area contributed by atoms with E-state index in [9.17, 15) is 13.5 Å². The van der Waals surface area contributed by atoms with Gasteiger partial charge in [-0.05, 0) is 54.7 Å². The van der Waals surface area contributed by atoms with Crippen molar-refractivity contribution in [2.45, 2.75) is 50.5 Å². The summed E-state index contributed by atoms with van der Waals surface area (Å²) in [6.45, 7) is 4.15. The summed E-state index contributed by atoms with van der Waals surface area (Å²) in [5, 5.41) is 10.6. The molecule has 4 aromatic rings. The van der Waals surface area contributed by atoms with Crippen LogP contribution >= 0.6 is 0 Å². The highest BCUT2D eigenvalue weighted by Crippen LogP contribution is 2.48. The first-order valence-corrected chi connectivity index (χ1v) is 15.5. The van der Waals surface area contributed by atoms with Gasteiger partial charge in [0.1, 0.15) is 6.61 Å². The molecule has 2 atom stereocenters. The number of hydrogen-bond donors (Lipinski definition) is 1. The first-order valence-electron chi connectivity index (χ1n) is 14.0. The van der Waals surface area contributed by atoms with Gasteiger partial charge in [-0.1, -0.05) is 84.4 Å². The number of aryl methyl sites for hydroxylation is 2. The van der Waals surface area contributed by atoms with Gasteiger partial charge < -0.3 is 19.3 Å². The van der Waals surface area contributed by atoms with Crippen LogP contribution in [0.1, 0.15) is 39.4 Å². The number of methoxy groups -OCH3 is 1. The van der Waals surface area contributed by atoms with Crippen LogP contribution in [0.4, 0.5) is 0 Å². The van der Waals surface area contributed by atoms with E-state index < -0.39 is 22.1 Å². The number of hydrogen-bond acceptors (Lipinski definition) is 6. The van der Waals surface area contributed by atoms with Crippen LogP contribution in [0.25, 0.3) is 0 Å². The maximum atomic E-state index is 14.3. The van der Waals surface area contributed by atoms with Gasteiger partial charge in [0.25, 0.3) is 0 Å². The summed E-state index contributed by atoms with van der Waals surface area (Å²) in [5.41, 5.74) is 5.37. The Kier molecular flexibility index (Phi) is 9.28. The lowest BCUT2D eigenvalue weighted by Gasteiger charge is -2.42. The van der Waals surface area contributed by atoms with Crippen LogP contribution in [0, 0.1) is 13.8 Å². The first kappa shape index (κ1) is 29.8. The van der Waals surface area contributed by atoms with Gasteiger partial charge in [-0.15, -0.1) is 0 Å². The average molecular weight is 588 g/mol. The molecule has 0 radical (unpaired) electrons. The molecule has 1 aliphatic rings. The second-order valence-electron chi connectivity index (χ2n) is 10.6. The molecule has 4 aromatic carbocycles. The molecule has 0 bridgehead atoms. The van der Waals surface area contributed by atoms with E-state index in [0.717, 1.165) is 27.8 Å². The molecule has 1 aliphatic heterocycles. The summed E-state index contributed by atoms with van der Waals surface area (Å²) < 4.78 is 48.6. The van der Waals surface area contributed by atoms with Gasteiger partial charge >= 0.3 is 0 Å². The van der Waals surface area contributed by atoms with Crippen LogP contribution in [-0.2, 0) is 34.4 Å². The second-order valence-corrected chi connectivity index (χ2v) is 12.5. The minimum Gasteiger partial charge on any atom is -0.493 e. The largest absolute Gasteiger partial charge is 0.493 e. The number of fused-ring (bicyclic) bond motifs is 1. The molecular weight excluding hydrogens is 550 g/mol. The summed E-state index contributed by atoms with van der Waals surface area (Å²) in [6.07, 6.45) is 0.318. The highest BCUT2D eigenvalue weighted by atomic mass is 32.2. The van der Waals surface area contributed by atoms with E-state index in [1.54, 1.807) is 31.4 Å². The molecule has 0 amide bonds. The van der Waals surface area contributed by atoms with Crippen LogP contribution < -0.4 is 9.47 Å². The number of nitrogens with zero attached hydrogens (tertiary/aromatic N) is 1. The fourth-order valence-electron chi connectivity index (χ4n) is 5.60. The molecule has 0 aromatic heterocycles. The van der Waals surface area contributed by atoms with Gasteiger partial charge in [0.15, 0.2) is 11.5 Å². The number of aliphatic hydroxyl groups is 1. The van der Waals surface area contributed by atoms with Crippen molar-refractivity contribution >= 4 is 10.0 Å². The molecule has 5 rings (SSSR count). The molecule has 0 fully saturated rings. The zero-order valence-corrected chi connectivity index (χ0v) is 25.0. The molecule has 42 heavy (non-hydrogen) atoms. The van der Waals surface area contributed by atoms with Crippen LogP contribution in [0.5, 0.6) is 11.5 Å². The SMILES string of the molecule is COc1c(C)cc2c(c1OCc1ccccc1)[C@H](COCc1ccccc1)N(S(=O)(=O)c1ccc(C)cc1)[C@@H](CO)C2. The van der Waals surface area contributed by atoms with E-state index in [1.807, 2.05) is 80.6 Å². The fraction of sp³-hybridized carbons (Fsp3) is 0.294. The summed E-state index contributed by atoms with van der Waals surface area (Å²) in [7, 11) is -2.46. The van der Waals surface area contributed by atoms with Gasteiger partial charge in [-0.25, -0.2) is 8.42 Å². The fourth-order valence-corrected chi connectivity index (χ4v) is 7.36. The van der Waals surface area contributed by atoms with E-state index in [1.165, 1.54) is 4.31 Å². The highest BCUT2D eigenvalue weighted by molar-refractivity contribution is 7.89. The Morgan fingerprint density at radius 2 is 1.48 bits per heavy atom. The lowest BCUT2D eigenvalue weighted by atomic mass is 9.87. The van der Waals surface area contributed by atoms with E-state index in [0.29, 0.717) is 30.1 Å². The third-order valence-corrected chi connectivity index (χ3v) is 9.60. The third kappa shape index (κ3) is 6.22. The normalized spacial score (nSPS) is 17.0. The van der Waals surface area contributed by atoms with Crippen LogP contribution in [0.3, 0.4) is 0 Å². The van der Waals surface area contributed by atoms with E-state index in [4.69, 9.17) is 14.2 Å². The van der Waals surface area contributed by atoms with Crippen molar-refractivity contribution < 1.29 is 27.7 Å². The number of aliphatic hydroxyl groups excluding tert-OH is 1. The molecule has 1 heterocycles. The van der Waals surface area contributed by atoms with Crippen molar-refractivity contribution in [1.29, 1.82) is 0 Å². The maximum absolute atomic E-state index is 14.3. The third-order valence-electron chi connectivity index (χ3n) is 7.63. The van der Waals surface area contributed by atoms with Crippen LogP contribution in [-0.4, -0.2) is 44.2 Å². The lowest BCUT2D eigenvalue weighted by Crippen LogP contribution is -2.50. The molecule has 0 saturated heterocycles. The van der Waals surface area contributed by atoms with Crippen molar-refractivity contribution in [3.63, 3.8) is 0 Å². The smallest absolute Gasteiger partial charge is 0.244 e. The Hall–Kier alpha value is -3.69. The average Bonchev–Trinajstić information content (AvgIpc) is 3.00. The Labute approximate surface area is 248 Å². The van der Waals surface area contributed by atoms with Crippen molar-refractivity contribution in [3.05, 3.63) is 124 Å². The summed E-state index contributed by atoms with van der Waals surface area (Å²) in [5.74, 6) is 1.04. The lowest BCUT2D eigenvalue weighted by molar-refractivity contribution is 0.0479. The highest BCUT2D eigenvalue weighted by Gasteiger charge is 2.45. The molecule has 0 unspecified atom stereocenters. The molecule has 7 nitrogen and oxygen atoms in total. The van der Waals surface area contributed by atoms with Crippen LogP contribution in [0.2, 0.25) is 0 Å². The number of rotatable bonds is 11. The number of ether oxygens (including phenoxy) is 3. The molecule has 0 saturated carbocycles. The predicted molar refractivity (Wildman–Crippen MR) is 162 cm³/mol. The second kappa shape index (κ2) is 13.1. The Bertz CT molecular complexity index is 1590.